The molecule has 19 heavy (non-hydrogen) atoms. The molecular formula is C11H16ClN3O2S2. The SMILES string of the molecule is CN(CCSc1cccc2nccn12)S(C)(=O)=O.Cl. The smallest absolute Gasteiger partial charge is 0.210 e. The standard InChI is InChI=1S/C11H15N3O2S2.ClH/c1-13(18(2,15)16)8-9-17-11-5-3-4-10-12-6-7-14(10)11;/h3-7H,8-9H2,1-2H3;1H. The van der Waals surface area contributed by atoms with Crippen LogP contribution in [0.5, 0.6) is 0 Å². The molecule has 0 aliphatic carbocycles. The van der Waals surface area contributed by atoms with Gasteiger partial charge in [-0.2, -0.15) is 0 Å². The van der Waals surface area contributed by atoms with Gasteiger partial charge in [0.1, 0.15) is 5.65 Å². The molecule has 0 N–H and O–H groups in total. The van der Waals surface area contributed by atoms with Crippen molar-refractivity contribution in [3.63, 3.8) is 0 Å². The number of rotatable bonds is 5. The van der Waals surface area contributed by atoms with E-state index in [4.69, 9.17) is 0 Å². The van der Waals surface area contributed by atoms with Gasteiger partial charge < -0.3 is 0 Å². The maximum absolute atomic E-state index is 11.2. The molecular weight excluding hydrogens is 306 g/mol. The zero-order valence-electron chi connectivity index (χ0n) is 10.7. The van der Waals surface area contributed by atoms with Crippen molar-refractivity contribution in [3.05, 3.63) is 30.6 Å². The van der Waals surface area contributed by atoms with Crippen LogP contribution in [0.4, 0.5) is 0 Å². The fourth-order valence-corrected chi connectivity index (χ4v) is 3.06. The molecule has 0 saturated heterocycles. The Bertz CT molecular complexity index is 642. The van der Waals surface area contributed by atoms with Gasteiger partial charge in [0, 0.05) is 31.7 Å². The van der Waals surface area contributed by atoms with Gasteiger partial charge >= 0.3 is 0 Å². The number of hydrogen-bond acceptors (Lipinski definition) is 4. The van der Waals surface area contributed by atoms with Crippen LogP contribution in [0.3, 0.4) is 0 Å². The summed E-state index contributed by atoms with van der Waals surface area (Å²) in [5, 5.41) is 1.06. The van der Waals surface area contributed by atoms with E-state index in [1.54, 1.807) is 25.0 Å². The van der Waals surface area contributed by atoms with Crippen LogP contribution >= 0.6 is 24.2 Å². The van der Waals surface area contributed by atoms with Gasteiger partial charge in [0.2, 0.25) is 10.0 Å². The molecule has 0 spiro atoms. The minimum absolute atomic E-state index is 0. The van der Waals surface area contributed by atoms with E-state index < -0.39 is 10.0 Å². The van der Waals surface area contributed by atoms with E-state index in [0.717, 1.165) is 10.7 Å². The highest BCUT2D eigenvalue weighted by Gasteiger charge is 2.10. The summed E-state index contributed by atoms with van der Waals surface area (Å²) in [7, 11) is -1.50. The van der Waals surface area contributed by atoms with Crippen LogP contribution < -0.4 is 0 Å². The van der Waals surface area contributed by atoms with Crippen LogP contribution in [0.25, 0.3) is 5.65 Å². The maximum atomic E-state index is 11.2. The Morgan fingerprint density at radius 3 is 2.84 bits per heavy atom. The van der Waals surface area contributed by atoms with E-state index in [2.05, 4.69) is 4.98 Å². The summed E-state index contributed by atoms with van der Waals surface area (Å²) in [6, 6.07) is 5.89. The van der Waals surface area contributed by atoms with Gasteiger partial charge in [-0.25, -0.2) is 17.7 Å². The van der Waals surface area contributed by atoms with Crippen molar-refractivity contribution in [3.8, 4) is 0 Å². The van der Waals surface area contributed by atoms with Gasteiger partial charge in [0.15, 0.2) is 0 Å². The number of hydrogen-bond donors (Lipinski definition) is 0. The topological polar surface area (TPSA) is 54.7 Å². The molecule has 8 heteroatoms. The van der Waals surface area contributed by atoms with E-state index in [1.807, 2.05) is 28.8 Å². The fraction of sp³-hybridized carbons (Fsp3) is 0.364. The molecule has 0 aliphatic heterocycles. The van der Waals surface area contributed by atoms with Crippen molar-refractivity contribution in [2.75, 3.05) is 25.6 Å². The predicted molar refractivity (Wildman–Crippen MR) is 80.6 cm³/mol. The molecule has 0 saturated carbocycles. The van der Waals surface area contributed by atoms with E-state index in [1.165, 1.54) is 10.6 Å². The van der Waals surface area contributed by atoms with Gasteiger partial charge in [0.25, 0.3) is 0 Å². The van der Waals surface area contributed by atoms with Crippen molar-refractivity contribution in [1.29, 1.82) is 0 Å². The first-order valence-corrected chi connectivity index (χ1v) is 8.28. The molecule has 2 rings (SSSR count). The Labute approximate surface area is 123 Å². The van der Waals surface area contributed by atoms with Crippen molar-refractivity contribution in [1.82, 2.24) is 13.7 Å². The lowest BCUT2D eigenvalue weighted by Crippen LogP contribution is -2.27. The van der Waals surface area contributed by atoms with Crippen LogP contribution in [-0.4, -0.2) is 47.7 Å². The lowest BCUT2D eigenvalue weighted by Gasteiger charge is -2.13. The number of imidazole rings is 1. The van der Waals surface area contributed by atoms with Crippen molar-refractivity contribution < 1.29 is 8.42 Å². The van der Waals surface area contributed by atoms with E-state index in [0.29, 0.717) is 12.3 Å². The summed E-state index contributed by atoms with van der Waals surface area (Å²) >= 11 is 1.62. The minimum Gasteiger partial charge on any atom is -0.294 e. The molecule has 0 bridgehead atoms. The molecule has 0 unspecified atom stereocenters. The van der Waals surface area contributed by atoms with Gasteiger partial charge in [-0.1, -0.05) is 6.07 Å². The highest BCUT2D eigenvalue weighted by molar-refractivity contribution is 7.99. The maximum Gasteiger partial charge on any atom is 0.210 e. The van der Waals surface area contributed by atoms with E-state index in [9.17, 15) is 8.42 Å². The van der Waals surface area contributed by atoms with Crippen molar-refractivity contribution >= 4 is 39.8 Å². The molecule has 2 aromatic rings. The van der Waals surface area contributed by atoms with E-state index >= 15 is 0 Å². The largest absolute Gasteiger partial charge is 0.294 e. The Kier molecular flexibility index (Phi) is 5.66. The normalized spacial score (nSPS) is 11.7. The number of nitrogens with zero attached hydrogens (tertiary/aromatic N) is 3. The van der Waals surface area contributed by atoms with Gasteiger partial charge in [-0.3, -0.25) is 4.40 Å². The highest BCUT2D eigenvalue weighted by atomic mass is 35.5. The number of halogens is 1. The summed E-state index contributed by atoms with van der Waals surface area (Å²) in [5.74, 6) is 0.709. The van der Waals surface area contributed by atoms with Gasteiger partial charge in [-0.05, 0) is 12.1 Å². The first kappa shape index (κ1) is 16.3. The molecule has 0 aliphatic rings. The number of pyridine rings is 1. The monoisotopic (exact) mass is 321 g/mol. The molecule has 0 aromatic carbocycles. The van der Waals surface area contributed by atoms with Crippen LogP contribution in [0.15, 0.2) is 35.6 Å². The van der Waals surface area contributed by atoms with Crippen molar-refractivity contribution in [2.24, 2.45) is 0 Å². The predicted octanol–water partition coefficient (Wildman–Crippen LogP) is 1.74. The lowest BCUT2D eigenvalue weighted by atomic mass is 10.5. The minimum atomic E-state index is -3.09. The second-order valence-corrected chi connectivity index (χ2v) is 7.16. The Morgan fingerprint density at radius 2 is 2.16 bits per heavy atom. The lowest BCUT2D eigenvalue weighted by molar-refractivity contribution is 0.494. The zero-order chi connectivity index (χ0) is 13.2. The molecule has 2 aromatic heterocycles. The van der Waals surface area contributed by atoms with Gasteiger partial charge in [-0.15, -0.1) is 24.2 Å². The third-order valence-electron chi connectivity index (χ3n) is 2.61. The summed E-state index contributed by atoms with van der Waals surface area (Å²) < 4.78 is 25.8. The first-order valence-electron chi connectivity index (χ1n) is 5.44. The third-order valence-corrected chi connectivity index (χ3v) is 4.94. The van der Waals surface area contributed by atoms with Crippen LogP contribution in [0.2, 0.25) is 0 Å². The van der Waals surface area contributed by atoms with Crippen molar-refractivity contribution in [2.45, 2.75) is 5.03 Å². The summed E-state index contributed by atoms with van der Waals surface area (Å²) in [5.41, 5.74) is 0.900. The summed E-state index contributed by atoms with van der Waals surface area (Å²) in [6.07, 6.45) is 4.87. The molecule has 0 fully saturated rings. The summed E-state index contributed by atoms with van der Waals surface area (Å²) in [6.45, 7) is 0.495. The number of aromatic nitrogens is 2. The first-order chi connectivity index (χ1) is 8.48. The summed E-state index contributed by atoms with van der Waals surface area (Å²) in [4.78, 5) is 4.21. The zero-order valence-corrected chi connectivity index (χ0v) is 13.1. The molecule has 0 radical (unpaired) electrons. The van der Waals surface area contributed by atoms with E-state index in [-0.39, 0.29) is 12.4 Å². The third kappa shape index (κ3) is 4.10. The second kappa shape index (κ2) is 6.60. The van der Waals surface area contributed by atoms with Crippen LogP contribution in [-0.2, 0) is 10.0 Å². The number of fused-ring (bicyclic) bond motifs is 1. The molecule has 0 atom stereocenters. The van der Waals surface area contributed by atoms with Crippen LogP contribution in [0.1, 0.15) is 0 Å². The molecule has 106 valence electrons. The number of thioether (sulfide) groups is 1. The van der Waals surface area contributed by atoms with Gasteiger partial charge in [0.05, 0.1) is 11.3 Å². The molecule has 0 amide bonds. The average molecular weight is 322 g/mol. The quantitative estimate of drug-likeness (QED) is 0.787. The number of sulfonamides is 1. The Morgan fingerprint density at radius 1 is 1.42 bits per heavy atom. The highest BCUT2D eigenvalue weighted by Crippen LogP contribution is 2.19. The Hall–Kier alpha value is -0.760. The second-order valence-electron chi connectivity index (χ2n) is 3.95. The average Bonchev–Trinajstić information content (AvgIpc) is 2.76. The fourth-order valence-electron chi connectivity index (χ4n) is 1.48. The molecule has 2 heterocycles. The molecule has 5 nitrogen and oxygen atoms in total. The Balaban J connectivity index is 0.00000180. The van der Waals surface area contributed by atoms with Crippen LogP contribution in [0, 0.1) is 0 Å².